The molecule has 0 spiro atoms. The first-order valence-electron chi connectivity index (χ1n) is 2.66. The Morgan fingerprint density at radius 1 is 1.50 bits per heavy atom. The summed E-state index contributed by atoms with van der Waals surface area (Å²) >= 11 is 0. The minimum Gasteiger partial charge on any atom is -0.342 e. The largest absolute Gasteiger partial charge is 0.342 e. The molecule has 0 saturated carbocycles. The fourth-order valence-electron chi connectivity index (χ4n) is 0.390. The van der Waals surface area contributed by atoms with Gasteiger partial charge in [-0.2, -0.15) is 6.42 Å². The van der Waals surface area contributed by atoms with Crippen LogP contribution in [0.25, 0.3) is 0 Å². The Kier molecular flexibility index (Phi) is 3.09. The molecule has 0 amide bonds. The predicted molar refractivity (Wildman–Crippen MR) is 38.2 cm³/mol. The topological polar surface area (TPSA) is 0 Å². The van der Waals surface area contributed by atoms with E-state index >= 15 is 0 Å². The summed E-state index contributed by atoms with van der Waals surface area (Å²) in [7, 11) is 0. The summed E-state index contributed by atoms with van der Waals surface area (Å²) in [5.74, 6) is 0. The van der Waals surface area contributed by atoms with E-state index in [4.69, 9.17) is 0 Å². The van der Waals surface area contributed by atoms with E-state index in [0.29, 0.717) is 0 Å². The first kappa shape index (κ1) is 7.35. The molecule has 0 aromatic carbocycles. The van der Waals surface area contributed by atoms with Gasteiger partial charge in [0.2, 0.25) is 0 Å². The second kappa shape index (κ2) is 3.36. The van der Waals surface area contributed by atoms with Gasteiger partial charge in [0.25, 0.3) is 0 Å². The Bertz CT molecular complexity index is 98.6. The zero-order valence-electron chi connectivity index (χ0n) is 5.24. The van der Waals surface area contributed by atoms with E-state index in [1.807, 2.05) is 0 Å². The van der Waals surface area contributed by atoms with E-state index in [1.54, 1.807) is 0 Å². The molecule has 0 fully saturated rings. The monoisotopic (exact) mass is 108 g/mol. The summed E-state index contributed by atoms with van der Waals surface area (Å²) in [6, 6.07) is 0. The van der Waals surface area contributed by atoms with E-state index < -0.39 is 0 Å². The zero-order valence-corrected chi connectivity index (χ0v) is 5.24. The maximum atomic E-state index is 3.74. The summed E-state index contributed by atoms with van der Waals surface area (Å²) in [5, 5.41) is 0. The van der Waals surface area contributed by atoms with Crippen LogP contribution >= 0.6 is 0 Å². The van der Waals surface area contributed by atoms with Crippen molar-refractivity contribution in [2.24, 2.45) is 0 Å². The van der Waals surface area contributed by atoms with Crippen molar-refractivity contribution in [3.63, 3.8) is 0 Å². The van der Waals surface area contributed by atoms with Crippen LogP contribution in [0.1, 0.15) is 12.8 Å². The summed E-state index contributed by atoms with van der Waals surface area (Å²) in [6.45, 7) is 14.7. The van der Waals surface area contributed by atoms with Gasteiger partial charge in [0.05, 0.1) is 0 Å². The normalized spacial score (nSPS) is 8.62. The van der Waals surface area contributed by atoms with Crippen molar-refractivity contribution in [3.8, 4) is 0 Å². The van der Waals surface area contributed by atoms with Crippen LogP contribution in [0, 0.1) is 13.8 Å². The maximum Gasteiger partial charge on any atom is 0.121 e. The summed E-state index contributed by atoms with van der Waals surface area (Å²) < 4.78 is 0. The maximum absolute atomic E-state index is 3.74. The molecule has 0 N–H and O–H groups in total. The lowest BCUT2D eigenvalue weighted by molar-refractivity contribution is 0.999. The minimum absolute atomic E-state index is 0.827. The van der Waals surface area contributed by atoms with Crippen LogP contribution in [-0.2, 0) is 0 Å². The van der Waals surface area contributed by atoms with Gasteiger partial charge in [0, 0.05) is 19.1 Å². The lowest BCUT2D eigenvalue weighted by atomic mass is 10.1. The molecule has 44 valence electrons. The van der Waals surface area contributed by atoms with Crippen LogP contribution in [0.2, 0.25) is 0 Å². The van der Waals surface area contributed by atoms with Gasteiger partial charge in [-0.25, -0.2) is 0 Å². The molecule has 0 radical (unpaired) electrons. The van der Waals surface area contributed by atoms with Crippen molar-refractivity contribution in [3.05, 3.63) is 38.2 Å². The van der Waals surface area contributed by atoms with Gasteiger partial charge in [-0.1, -0.05) is 0 Å². The van der Waals surface area contributed by atoms with Gasteiger partial charge in [-0.3, -0.25) is 0 Å². The summed E-state index contributed by atoms with van der Waals surface area (Å²) in [4.78, 5) is 0. The Morgan fingerprint density at radius 2 is 2.00 bits per heavy atom. The summed E-state index contributed by atoms with van der Waals surface area (Å²) in [5.41, 5.74) is 1.84. The first-order chi connectivity index (χ1) is 3.68. The average Bonchev–Trinajstić information content (AvgIpc) is 1.67. The van der Waals surface area contributed by atoms with E-state index in [2.05, 4.69) is 27.0 Å². The van der Waals surface area contributed by atoms with Crippen molar-refractivity contribution in [1.29, 1.82) is 0 Å². The molecule has 8 heavy (non-hydrogen) atoms. The second-order valence-electron chi connectivity index (χ2n) is 1.81. The van der Waals surface area contributed by atoms with Crippen LogP contribution in [-0.4, -0.2) is 0 Å². The Balaban J connectivity index is 3.49. The number of hydrogen-bond acceptors (Lipinski definition) is 0. The van der Waals surface area contributed by atoms with Crippen LogP contribution in [0.5, 0.6) is 0 Å². The second-order valence-corrected chi connectivity index (χ2v) is 1.81. The van der Waals surface area contributed by atoms with Crippen molar-refractivity contribution in [2.45, 2.75) is 12.8 Å². The molecular formula is C8H12. The lowest BCUT2D eigenvalue weighted by Gasteiger charge is -1.94. The van der Waals surface area contributed by atoms with Gasteiger partial charge in [0.1, 0.15) is 5.57 Å². The molecule has 0 nitrogen and oxygen atoms in total. The summed E-state index contributed by atoms with van der Waals surface area (Å²) in [6.07, 6.45) is 1.80. The van der Waals surface area contributed by atoms with Gasteiger partial charge in [-0.15, -0.1) is 0 Å². The van der Waals surface area contributed by atoms with Gasteiger partial charge < -0.3 is 6.92 Å². The Labute approximate surface area is 51.9 Å². The molecule has 0 rings (SSSR count). The molecule has 0 heteroatoms. The van der Waals surface area contributed by atoms with E-state index in [0.717, 1.165) is 24.0 Å². The third-order valence-electron chi connectivity index (χ3n) is 0.979. The highest BCUT2D eigenvalue weighted by atomic mass is 13.9. The van der Waals surface area contributed by atoms with Gasteiger partial charge in [-0.05, 0) is 13.0 Å². The molecule has 0 atom stereocenters. The molecule has 0 aromatic rings. The predicted octanol–water partition coefficient (Wildman–Crippen LogP) is 2.55. The molecule has 0 aliphatic heterocycles. The Hall–Kier alpha value is -0.650. The lowest BCUT2D eigenvalue weighted by Crippen LogP contribution is -1.79. The zero-order chi connectivity index (χ0) is 6.57. The molecule has 0 aliphatic rings. The van der Waals surface area contributed by atoms with Gasteiger partial charge in [0.15, 0.2) is 0 Å². The number of allylic oxidation sites excluding steroid dienone is 2. The van der Waals surface area contributed by atoms with E-state index in [1.165, 1.54) is 0 Å². The standard InChI is InChI=1S/C8H12/c1-5-6-8(4)7(2)3/h1-6H2. The molecule has 0 saturated heterocycles. The number of hydrogen-bond donors (Lipinski definition) is 0. The highest BCUT2D eigenvalue weighted by Crippen LogP contribution is 2.08. The van der Waals surface area contributed by atoms with Crippen LogP contribution in [0.15, 0.2) is 24.3 Å². The molecule has 0 bridgehead atoms. The molecule has 0 aromatic heterocycles. The smallest absolute Gasteiger partial charge is 0.121 e. The van der Waals surface area contributed by atoms with Crippen molar-refractivity contribution >= 4 is 0 Å². The van der Waals surface area contributed by atoms with Gasteiger partial charge >= 0.3 is 0 Å². The first-order valence-corrected chi connectivity index (χ1v) is 2.66. The Morgan fingerprint density at radius 3 is 2.12 bits per heavy atom. The van der Waals surface area contributed by atoms with Crippen LogP contribution < -0.4 is 0 Å². The minimum atomic E-state index is 0.827. The fraction of sp³-hybridized carbons (Fsp3) is 0.250. The molecular weight excluding hydrogens is 96.1 g/mol. The van der Waals surface area contributed by atoms with Crippen molar-refractivity contribution in [1.82, 2.24) is 0 Å². The SMILES string of the molecule is C=C([CH2+])C(=C)CC[CH2-]. The third-order valence-corrected chi connectivity index (χ3v) is 0.979. The quantitative estimate of drug-likeness (QED) is 0.385. The molecule has 0 heterocycles. The van der Waals surface area contributed by atoms with Crippen LogP contribution in [0.4, 0.5) is 0 Å². The highest BCUT2D eigenvalue weighted by Gasteiger charge is 1.96. The molecule has 0 aliphatic carbocycles. The van der Waals surface area contributed by atoms with E-state index in [-0.39, 0.29) is 0 Å². The van der Waals surface area contributed by atoms with Crippen molar-refractivity contribution < 1.29 is 0 Å². The van der Waals surface area contributed by atoms with Crippen molar-refractivity contribution in [2.75, 3.05) is 0 Å². The highest BCUT2D eigenvalue weighted by molar-refractivity contribution is 5.27. The van der Waals surface area contributed by atoms with E-state index in [9.17, 15) is 0 Å². The average molecular weight is 108 g/mol. The third kappa shape index (κ3) is 2.51. The number of rotatable bonds is 3. The molecule has 0 unspecified atom stereocenters. The fourth-order valence-corrected chi connectivity index (χ4v) is 0.390. The van der Waals surface area contributed by atoms with Crippen LogP contribution in [0.3, 0.4) is 0 Å².